The topological polar surface area (TPSA) is 26.0 Å². The Morgan fingerprint density at radius 1 is 1.22 bits per heavy atom. The summed E-state index contributed by atoms with van der Waals surface area (Å²) in [6, 6.07) is 2.37. The van der Waals surface area contributed by atoms with Crippen molar-refractivity contribution in [2.45, 2.75) is 31.5 Å². The highest BCUT2D eigenvalue weighted by atomic mass is 19.4. The van der Waals surface area contributed by atoms with Gasteiger partial charge in [-0.25, -0.2) is 4.39 Å². The van der Waals surface area contributed by atoms with E-state index < -0.39 is 23.6 Å². The minimum atomic E-state index is -4.69. The molecule has 18 heavy (non-hydrogen) atoms. The molecular formula is C13H13F4N. The third-order valence-electron chi connectivity index (χ3n) is 3.13. The standard InChI is InChI=1S/C13H13F4N/c14-11-6-5-9(7-10(11)13(15,16)17)12(18)8-3-1-2-4-8/h3,5-7,12H,1-2,4,18H2. The molecule has 98 valence electrons. The van der Waals surface area contributed by atoms with Crippen molar-refractivity contribution in [1.82, 2.24) is 0 Å². The normalized spacial score (nSPS) is 17.7. The van der Waals surface area contributed by atoms with Gasteiger partial charge in [0.2, 0.25) is 0 Å². The van der Waals surface area contributed by atoms with Gasteiger partial charge in [-0.05, 0) is 37.0 Å². The van der Waals surface area contributed by atoms with Crippen molar-refractivity contribution in [2.24, 2.45) is 5.73 Å². The summed E-state index contributed by atoms with van der Waals surface area (Å²) in [4.78, 5) is 0. The van der Waals surface area contributed by atoms with Crippen LogP contribution >= 0.6 is 0 Å². The molecule has 0 bridgehead atoms. The third kappa shape index (κ3) is 2.56. The second-order valence-electron chi connectivity index (χ2n) is 4.39. The molecule has 0 aromatic heterocycles. The number of alkyl halides is 3. The van der Waals surface area contributed by atoms with Gasteiger partial charge in [-0.15, -0.1) is 0 Å². The van der Waals surface area contributed by atoms with E-state index in [0.717, 1.165) is 37.0 Å². The number of halogens is 4. The molecule has 1 nitrogen and oxygen atoms in total. The van der Waals surface area contributed by atoms with Crippen LogP contribution in [0.1, 0.15) is 36.4 Å². The molecule has 0 spiro atoms. The number of allylic oxidation sites excluding steroid dienone is 1. The molecule has 1 aromatic rings. The van der Waals surface area contributed by atoms with Gasteiger partial charge in [0.15, 0.2) is 0 Å². The molecule has 0 fully saturated rings. The first-order chi connectivity index (χ1) is 8.39. The first-order valence-electron chi connectivity index (χ1n) is 5.71. The quantitative estimate of drug-likeness (QED) is 0.631. The van der Waals surface area contributed by atoms with E-state index in [1.54, 1.807) is 0 Å². The SMILES string of the molecule is NC(C1=CCCC1)c1ccc(F)c(C(F)(F)F)c1. The predicted octanol–water partition coefficient (Wildman–Crippen LogP) is 3.95. The maximum absolute atomic E-state index is 13.1. The Kier molecular flexibility index (Phi) is 3.43. The Morgan fingerprint density at radius 3 is 2.50 bits per heavy atom. The molecule has 2 N–H and O–H groups in total. The molecule has 1 aliphatic carbocycles. The average Bonchev–Trinajstić information content (AvgIpc) is 2.80. The fourth-order valence-corrected chi connectivity index (χ4v) is 2.15. The molecule has 0 aliphatic heterocycles. The van der Waals surface area contributed by atoms with E-state index >= 15 is 0 Å². The van der Waals surface area contributed by atoms with Gasteiger partial charge >= 0.3 is 6.18 Å². The predicted molar refractivity (Wildman–Crippen MR) is 60.3 cm³/mol. The third-order valence-corrected chi connectivity index (χ3v) is 3.13. The van der Waals surface area contributed by atoms with Crippen LogP contribution in [0.25, 0.3) is 0 Å². The second kappa shape index (κ2) is 4.72. The molecule has 2 rings (SSSR count). The first kappa shape index (κ1) is 13.1. The summed E-state index contributed by atoms with van der Waals surface area (Å²) >= 11 is 0. The number of hydrogen-bond donors (Lipinski definition) is 1. The molecule has 5 heteroatoms. The highest BCUT2D eigenvalue weighted by Gasteiger charge is 2.34. The van der Waals surface area contributed by atoms with E-state index in [4.69, 9.17) is 5.73 Å². The van der Waals surface area contributed by atoms with E-state index in [1.807, 2.05) is 6.08 Å². The van der Waals surface area contributed by atoms with Crippen molar-refractivity contribution in [1.29, 1.82) is 0 Å². The lowest BCUT2D eigenvalue weighted by atomic mass is 9.97. The highest BCUT2D eigenvalue weighted by molar-refractivity contribution is 5.34. The summed E-state index contributed by atoms with van der Waals surface area (Å²) < 4.78 is 50.9. The lowest BCUT2D eigenvalue weighted by Gasteiger charge is -2.16. The summed E-state index contributed by atoms with van der Waals surface area (Å²) in [6.45, 7) is 0. The van der Waals surface area contributed by atoms with E-state index in [1.165, 1.54) is 6.07 Å². The van der Waals surface area contributed by atoms with Gasteiger partial charge in [0, 0.05) is 0 Å². The zero-order chi connectivity index (χ0) is 13.3. The van der Waals surface area contributed by atoms with Gasteiger partial charge in [-0.2, -0.15) is 13.2 Å². The smallest absolute Gasteiger partial charge is 0.321 e. The average molecular weight is 259 g/mol. The monoisotopic (exact) mass is 259 g/mol. The fourth-order valence-electron chi connectivity index (χ4n) is 2.15. The zero-order valence-corrected chi connectivity index (χ0v) is 9.60. The van der Waals surface area contributed by atoms with Crippen molar-refractivity contribution >= 4 is 0 Å². The molecule has 0 radical (unpaired) electrons. The molecule has 1 aliphatic rings. The van der Waals surface area contributed by atoms with Gasteiger partial charge < -0.3 is 5.73 Å². The molecule has 0 saturated carbocycles. The Morgan fingerprint density at radius 2 is 1.94 bits per heavy atom. The minimum Gasteiger partial charge on any atom is -0.321 e. The summed E-state index contributed by atoms with van der Waals surface area (Å²) in [6.07, 6.45) is -0.0856. The van der Waals surface area contributed by atoms with Crippen LogP contribution in [-0.4, -0.2) is 0 Å². The Hall–Kier alpha value is -1.36. The van der Waals surface area contributed by atoms with Crippen molar-refractivity contribution in [2.75, 3.05) is 0 Å². The maximum atomic E-state index is 13.1. The molecule has 0 saturated heterocycles. The molecule has 0 heterocycles. The van der Waals surface area contributed by atoms with Crippen molar-refractivity contribution < 1.29 is 17.6 Å². The van der Waals surface area contributed by atoms with Gasteiger partial charge in [-0.3, -0.25) is 0 Å². The van der Waals surface area contributed by atoms with Crippen LogP contribution < -0.4 is 5.73 Å². The minimum absolute atomic E-state index is 0.303. The summed E-state index contributed by atoms with van der Waals surface area (Å²) in [7, 11) is 0. The van der Waals surface area contributed by atoms with Crippen molar-refractivity contribution in [3.8, 4) is 0 Å². The van der Waals surface area contributed by atoms with Gasteiger partial charge in [0.05, 0.1) is 11.6 Å². The number of benzene rings is 1. The van der Waals surface area contributed by atoms with Crippen LogP contribution in [0.3, 0.4) is 0 Å². The summed E-state index contributed by atoms with van der Waals surface area (Å²) in [5.74, 6) is -1.26. The Balaban J connectivity index is 2.35. The highest BCUT2D eigenvalue weighted by Crippen LogP contribution is 2.35. The van der Waals surface area contributed by atoms with Crippen LogP contribution in [0.2, 0.25) is 0 Å². The fraction of sp³-hybridized carbons (Fsp3) is 0.385. The molecule has 0 amide bonds. The van der Waals surface area contributed by atoms with Crippen LogP contribution in [0, 0.1) is 5.82 Å². The molecule has 1 aromatic carbocycles. The first-order valence-corrected chi connectivity index (χ1v) is 5.71. The lowest BCUT2D eigenvalue weighted by molar-refractivity contribution is -0.140. The largest absolute Gasteiger partial charge is 0.419 e. The summed E-state index contributed by atoms with van der Waals surface area (Å²) in [5.41, 5.74) is 5.88. The van der Waals surface area contributed by atoms with E-state index in [9.17, 15) is 17.6 Å². The lowest BCUT2D eigenvalue weighted by Crippen LogP contribution is -2.15. The molecule has 1 unspecified atom stereocenters. The van der Waals surface area contributed by atoms with E-state index in [0.29, 0.717) is 5.56 Å². The summed E-state index contributed by atoms with van der Waals surface area (Å²) in [5, 5.41) is 0. The van der Waals surface area contributed by atoms with Crippen LogP contribution in [0.5, 0.6) is 0 Å². The second-order valence-corrected chi connectivity index (χ2v) is 4.39. The maximum Gasteiger partial charge on any atom is 0.419 e. The van der Waals surface area contributed by atoms with Crippen molar-refractivity contribution in [3.63, 3.8) is 0 Å². The van der Waals surface area contributed by atoms with Gasteiger partial charge in [-0.1, -0.05) is 17.7 Å². The van der Waals surface area contributed by atoms with Crippen LogP contribution in [-0.2, 0) is 6.18 Å². The van der Waals surface area contributed by atoms with Crippen LogP contribution in [0.4, 0.5) is 17.6 Å². The van der Waals surface area contributed by atoms with Crippen LogP contribution in [0.15, 0.2) is 29.8 Å². The number of nitrogens with two attached hydrogens (primary N) is 1. The van der Waals surface area contributed by atoms with Gasteiger partial charge in [0.1, 0.15) is 5.82 Å². The Bertz CT molecular complexity index is 476. The Labute approximate surface area is 102 Å². The van der Waals surface area contributed by atoms with E-state index in [2.05, 4.69) is 0 Å². The van der Waals surface area contributed by atoms with Crippen molar-refractivity contribution in [3.05, 3.63) is 46.8 Å². The molecular weight excluding hydrogens is 246 g/mol. The number of rotatable bonds is 2. The molecule has 1 atom stereocenters. The van der Waals surface area contributed by atoms with E-state index in [-0.39, 0.29) is 0 Å². The zero-order valence-electron chi connectivity index (χ0n) is 9.60. The van der Waals surface area contributed by atoms with Gasteiger partial charge in [0.25, 0.3) is 0 Å². The number of hydrogen-bond acceptors (Lipinski definition) is 1.